The number of azo groups is 1. The van der Waals surface area contributed by atoms with Crippen LogP contribution in [0.3, 0.4) is 0 Å². The number of benzene rings is 2. The zero-order valence-corrected chi connectivity index (χ0v) is 12.3. The first kappa shape index (κ1) is 14.0. The molecule has 0 amide bonds. The van der Waals surface area contributed by atoms with Crippen LogP contribution >= 0.6 is 0 Å². The van der Waals surface area contributed by atoms with E-state index in [4.69, 9.17) is 4.74 Å². The average molecular weight is 293 g/mol. The smallest absolute Gasteiger partial charge is 0.174 e. The number of rotatable bonds is 3. The molecular formula is C17H15N3O2. The fourth-order valence-corrected chi connectivity index (χ4v) is 2.17. The highest BCUT2D eigenvalue weighted by Crippen LogP contribution is 2.36. The van der Waals surface area contributed by atoms with Crippen molar-refractivity contribution in [1.82, 2.24) is 4.98 Å². The first-order chi connectivity index (χ1) is 10.7. The molecule has 0 saturated heterocycles. The van der Waals surface area contributed by atoms with Gasteiger partial charge in [0, 0.05) is 11.6 Å². The number of nitrogens with zero attached hydrogens (tertiary/aromatic N) is 3. The van der Waals surface area contributed by atoms with E-state index in [0.717, 1.165) is 16.7 Å². The SMILES string of the molecule is COc1ccc2c(O)c(N=Nc3cc(C)ccn3)ccc2c1. The van der Waals surface area contributed by atoms with Crippen LogP contribution in [0.2, 0.25) is 0 Å². The van der Waals surface area contributed by atoms with Gasteiger partial charge in [-0.15, -0.1) is 10.2 Å². The molecule has 5 heteroatoms. The number of fused-ring (bicyclic) bond motifs is 1. The minimum atomic E-state index is 0.0940. The lowest BCUT2D eigenvalue weighted by atomic mass is 10.1. The third-order valence-electron chi connectivity index (χ3n) is 3.34. The Morgan fingerprint density at radius 1 is 1.05 bits per heavy atom. The summed E-state index contributed by atoms with van der Waals surface area (Å²) in [5.41, 5.74) is 1.46. The van der Waals surface area contributed by atoms with Gasteiger partial charge in [-0.25, -0.2) is 4.98 Å². The molecule has 0 spiro atoms. The summed E-state index contributed by atoms with van der Waals surface area (Å²) in [7, 11) is 1.61. The van der Waals surface area contributed by atoms with Crippen molar-refractivity contribution in [2.75, 3.05) is 7.11 Å². The number of aromatic hydroxyl groups is 1. The number of hydrogen-bond donors (Lipinski definition) is 1. The zero-order chi connectivity index (χ0) is 15.5. The van der Waals surface area contributed by atoms with Crippen LogP contribution in [0.15, 0.2) is 58.9 Å². The summed E-state index contributed by atoms with van der Waals surface area (Å²) in [4.78, 5) is 4.11. The van der Waals surface area contributed by atoms with E-state index in [9.17, 15) is 5.11 Å². The van der Waals surface area contributed by atoms with Crippen LogP contribution < -0.4 is 4.74 Å². The van der Waals surface area contributed by atoms with Crippen molar-refractivity contribution < 1.29 is 9.84 Å². The second-order valence-electron chi connectivity index (χ2n) is 4.91. The van der Waals surface area contributed by atoms with Crippen LogP contribution in [-0.2, 0) is 0 Å². The molecule has 0 aliphatic carbocycles. The minimum absolute atomic E-state index is 0.0940. The van der Waals surface area contributed by atoms with Gasteiger partial charge in [0.15, 0.2) is 11.6 Å². The van der Waals surface area contributed by atoms with Crippen LogP contribution in [0.25, 0.3) is 10.8 Å². The van der Waals surface area contributed by atoms with Crippen molar-refractivity contribution in [3.05, 3.63) is 54.2 Å². The van der Waals surface area contributed by atoms with Crippen molar-refractivity contribution in [3.8, 4) is 11.5 Å². The van der Waals surface area contributed by atoms with E-state index in [1.165, 1.54) is 0 Å². The van der Waals surface area contributed by atoms with Gasteiger partial charge in [0.2, 0.25) is 0 Å². The van der Waals surface area contributed by atoms with E-state index in [2.05, 4.69) is 15.2 Å². The standard InChI is InChI=1S/C17H15N3O2/c1-11-7-8-18-16(9-11)20-19-15-6-3-12-10-13(22-2)4-5-14(12)17(15)21/h3-10,21H,1-2H3. The molecular weight excluding hydrogens is 278 g/mol. The molecule has 0 atom stereocenters. The Balaban J connectivity index is 1.99. The first-order valence-corrected chi connectivity index (χ1v) is 6.81. The average Bonchev–Trinajstić information content (AvgIpc) is 2.54. The maximum atomic E-state index is 10.3. The zero-order valence-electron chi connectivity index (χ0n) is 12.3. The molecule has 0 fully saturated rings. The summed E-state index contributed by atoms with van der Waals surface area (Å²) >= 11 is 0. The maximum Gasteiger partial charge on any atom is 0.174 e. The lowest BCUT2D eigenvalue weighted by Crippen LogP contribution is -1.82. The molecule has 5 nitrogen and oxygen atoms in total. The van der Waals surface area contributed by atoms with Crippen molar-refractivity contribution in [3.63, 3.8) is 0 Å². The third kappa shape index (κ3) is 2.74. The maximum absolute atomic E-state index is 10.3. The second-order valence-corrected chi connectivity index (χ2v) is 4.91. The van der Waals surface area contributed by atoms with Gasteiger partial charge < -0.3 is 9.84 Å². The van der Waals surface area contributed by atoms with E-state index >= 15 is 0 Å². The topological polar surface area (TPSA) is 67.1 Å². The van der Waals surface area contributed by atoms with Gasteiger partial charge in [0.25, 0.3) is 0 Å². The number of aryl methyl sites for hydroxylation is 1. The van der Waals surface area contributed by atoms with E-state index in [1.54, 1.807) is 31.5 Å². The summed E-state index contributed by atoms with van der Waals surface area (Å²) in [5.74, 6) is 1.34. The molecule has 0 bridgehead atoms. The molecule has 110 valence electrons. The summed E-state index contributed by atoms with van der Waals surface area (Å²) in [6, 6.07) is 12.8. The van der Waals surface area contributed by atoms with Crippen molar-refractivity contribution >= 4 is 22.3 Å². The highest BCUT2D eigenvalue weighted by Gasteiger charge is 2.07. The third-order valence-corrected chi connectivity index (χ3v) is 3.34. The second kappa shape index (κ2) is 5.81. The summed E-state index contributed by atoms with van der Waals surface area (Å²) in [6.07, 6.45) is 1.68. The molecule has 3 aromatic rings. The molecule has 1 N–H and O–H groups in total. The molecule has 2 aromatic carbocycles. The lowest BCUT2D eigenvalue weighted by Gasteiger charge is -2.05. The van der Waals surface area contributed by atoms with E-state index in [0.29, 0.717) is 16.9 Å². The fraction of sp³-hybridized carbons (Fsp3) is 0.118. The van der Waals surface area contributed by atoms with Crippen molar-refractivity contribution in [1.29, 1.82) is 0 Å². The van der Waals surface area contributed by atoms with Gasteiger partial charge >= 0.3 is 0 Å². The predicted octanol–water partition coefficient (Wildman–Crippen LogP) is 4.67. The van der Waals surface area contributed by atoms with Crippen LogP contribution in [0.1, 0.15) is 5.56 Å². The number of hydrogen-bond acceptors (Lipinski definition) is 5. The van der Waals surface area contributed by atoms with Crippen LogP contribution in [0.5, 0.6) is 11.5 Å². The van der Waals surface area contributed by atoms with Crippen LogP contribution in [0, 0.1) is 6.92 Å². The Morgan fingerprint density at radius 3 is 2.68 bits per heavy atom. The predicted molar refractivity (Wildman–Crippen MR) is 85.3 cm³/mol. The van der Waals surface area contributed by atoms with Crippen molar-refractivity contribution in [2.24, 2.45) is 10.2 Å². The Morgan fingerprint density at radius 2 is 1.91 bits per heavy atom. The molecule has 1 heterocycles. The molecule has 0 radical (unpaired) electrons. The van der Waals surface area contributed by atoms with Crippen molar-refractivity contribution in [2.45, 2.75) is 6.92 Å². The van der Waals surface area contributed by atoms with Crippen LogP contribution in [-0.4, -0.2) is 17.2 Å². The molecule has 3 rings (SSSR count). The Bertz CT molecular complexity index is 860. The van der Waals surface area contributed by atoms with Crippen LogP contribution in [0.4, 0.5) is 11.5 Å². The number of phenolic OH excluding ortho intramolecular Hbond substituents is 1. The molecule has 0 aliphatic heterocycles. The Hall–Kier alpha value is -2.95. The number of aromatic nitrogens is 1. The van der Waals surface area contributed by atoms with Gasteiger partial charge in [-0.2, -0.15) is 0 Å². The summed E-state index contributed by atoms with van der Waals surface area (Å²) in [6.45, 7) is 1.96. The molecule has 0 unspecified atom stereocenters. The van der Waals surface area contributed by atoms with E-state index in [1.807, 2.05) is 31.2 Å². The summed E-state index contributed by atoms with van der Waals surface area (Å²) < 4.78 is 5.18. The molecule has 0 aliphatic rings. The molecule has 1 aromatic heterocycles. The largest absolute Gasteiger partial charge is 0.505 e. The monoisotopic (exact) mass is 293 g/mol. The highest BCUT2D eigenvalue weighted by molar-refractivity contribution is 5.93. The fourth-order valence-electron chi connectivity index (χ4n) is 2.17. The van der Waals surface area contributed by atoms with Gasteiger partial charge in [0.1, 0.15) is 11.4 Å². The first-order valence-electron chi connectivity index (χ1n) is 6.81. The Kier molecular flexibility index (Phi) is 3.70. The lowest BCUT2D eigenvalue weighted by molar-refractivity contribution is 0.415. The number of ether oxygens (including phenoxy) is 1. The number of methoxy groups -OCH3 is 1. The van der Waals surface area contributed by atoms with Gasteiger partial charge in [0.05, 0.1) is 7.11 Å². The van der Waals surface area contributed by atoms with E-state index < -0.39 is 0 Å². The van der Waals surface area contributed by atoms with Gasteiger partial charge in [-0.05, 0) is 54.3 Å². The summed E-state index contributed by atoms with van der Waals surface area (Å²) in [5, 5.41) is 20.1. The highest BCUT2D eigenvalue weighted by atomic mass is 16.5. The van der Waals surface area contributed by atoms with Gasteiger partial charge in [-0.1, -0.05) is 6.07 Å². The quantitative estimate of drug-likeness (QED) is 0.713. The minimum Gasteiger partial charge on any atom is -0.505 e. The number of phenols is 1. The molecule has 0 saturated carbocycles. The van der Waals surface area contributed by atoms with E-state index in [-0.39, 0.29) is 5.75 Å². The Labute approximate surface area is 127 Å². The number of pyridine rings is 1. The normalized spacial score (nSPS) is 11.2. The molecule has 22 heavy (non-hydrogen) atoms. The van der Waals surface area contributed by atoms with Gasteiger partial charge in [-0.3, -0.25) is 0 Å².